The molecule has 25 heavy (non-hydrogen) atoms. The molecule has 1 aliphatic heterocycles. The van der Waals surface area contributed by atoms with Gasteiger partial charge in [-0.15, -0.1) is 11.3 Å². The molecule has 1 saturated heterocycles. The minimum atomic E-state index is 0.480. The van der Waals surface area contributed by atoms with E-state index in [1.807, 2.05) is 0 Å². The molecule has 142 valence electrons. The third-order valence-electron chi connectivity index (χ3n) is 4.72. The Bertz CT molecular complexity index is 528. The van der Waals surface area contributed by atoms with Crippen molar-refractivity contribution in [2.24, 2.45) is 4.99 Å². The number of guanidine groups is 1. The van der Waals surface area contributed by atoms with Gasteiger partial charge in [0.1, 0.15) is 0 Å². The summed E-state index contributed by atoms with van der Waals surface area (Å²) < 4.78 is 0. The average Bonchev–Trinajstić information content (AvgIpc) is 2.91. The minimum Gasteiger partial charge on any atom is -0.357 e. The van der Waals surface area contributed by atoms with Crippen LogP contribution in [0.25, 0.3) is 0 Å². The highest BCUT2D eigenvalue weighted by Crippen LogP contribution is 2.16. The number of aryl methyl sites for hydroxylation is 2. The van der Waals surface area contributed by atoms with Crippen molar-refractivity contribution in [3.05, 3.63) is 15.6 Å². The van der Waals surface area contributed by atoms with Crippen LogP contribution in [0.15, 0.2) is 4.99 Å². The predicted octanol–water partition coefficient (Wildman–Crippen LogP) is 1.49. The van der Waals surface area contributed by atoms with Gasteiger partial charge in [0, 0.05) is 56.6 Å². The Hall–Kier alpha value is -1.18. The summed E-state index contributed by atoms with van der Waals surface area (Å²) in [5.74, 6) is 0.911. The van der Waals surface area contributed by atoms with E-state index in [1.54, 1.807) is 11.3 Å². The molecule has 1 atom stereocenters. The molecule has 6 nitrogen and oxygen atoms in total. The van der Waals surface area contributed by atoms with Crippen LogP contribution in [-0.4, -0.2) is 79.6 Å². The Morgan fingerprint density at radius 1 is 1.24 bits per heavy atom. The number of nitrogens with one attached hydrogen (secondary N) is 2. The van der Waals surface area contributed by atoms with Gasteiger partial charge in [-0.3, -0.25) is 9.89 Å². The molecule has 1 unspecified atom stereocenters. The zero-order valence-corrected chi connectivity index (χ0v) is 17.2. The number of hydrogen-bond donors (Lipinski definition) is 2. The van der Waals surface area contributed by atoms with Crippen LogP contribution in [-0.2, 0) is 6.42 Å². The molecule has 0 radical (unpaired) electrons. The Labute approximate surface area is 156 Å². The first-order valence-electron chi connectivity index (χ1n) is 9.37. The summed E-state index contributed by atoms with van der Waals surface area (Å²) in [4.78, 5) is 15.6. The Balaban J connectivity index is 1.78. The number of nitrogens with zero attached hydrogens (tertiary/aromatic N) is 4. The summed E-state index contributed by atoms with van der Waals surface area (Å²) in [6.45, 7) is 15.7. The van der Waals surface area contributed by atoms with Gasteiger partial charge >= 0.3 is 0 Å². The fourth-order valence-corrected chi connectivity index (χ4v) is 3.81. The first-order valence-corrected chi connectivity index (χ1v) is 10.2. The lowest BCUT2D eigenvalue weighted by Crippen LogP contribution is -2.49. The van der Waals surface area contributed by atoms with Gasteiger partial charge < -0.3 is 15.5 Å². The smallest absolute Gasteiger partial charge is 0.191 e. The highest BCUT2D eigenvalue weighted by Gasteiger charge is 2.18. The molecular formula is C18H34N6S. The molecule has 0 aliphatic carbocycles. The standard InChI is InChI=1S/C18H34N6S/c1-6-19-18(20-8-7-17-22-15(3)16(4)25-17)21-13-14(2)24-11-9-23(5)10-12-24/h14H,6-13H2,1-5H3,(H2,19,20,21). The van der Waals surface area contributed by atoms with E-state index in [4.69, 9.17) is 4.99 Å². The van der Waals surface area contributed by atoms with Crippen molar-refractivity contribution in [3.8, 4) is 0 Å². The normalized spacial score (nSPS) is 18.4. The lowest BCUT2D eigenvalue weighted by Gasteiger charge is -2.35. The zero-order valence-electron chi connectivity index (χ0n) is 16.4. The second-order valence-corrected chi connectivity index (χ2v) is 8.12. The molecule has 1 fully saturated rings. The summed E-state index contributed by atoms with van der Waals surface area (Å²) >= 11 is 1.79. The Morgan fingerprint density at radius 3 is 2.56 bits per heavy atom. The average molecular weight is 367 g/mol. The van der Waals surface area contributed by atoms with Crippen molar-refractivity contribution in [2.75, 3.05) is 52.9 Å². The van der Waals surface area contributed by atoms with Gasteiger partial charge in [-0.05, 0) is 34.7 Å². The van der Waals surface area contributed by atoms with Gasteiger partial charge in [0.05, 0.1) is 17.2 Å². The molecule has 0 spiro atoms. The number of aliphatic imine (C=N–C) groups is 1. The molecule has 0 bridgehead atoms. The van der Waals surface area contributed by atoms with Gasteiger partial charge in [0.25, 0.3) is 0 Å². The van der Waals surface area contributed by atoms with E-state index < -0.39 is 0 Å². The summed E-state index contributed by atoms with van der Waals surface area (Å²) in [6.07, 6.45) is 0.942. The quantitative estimate of drug-likeness (QED) is 0.566. The first kappa shape index (κ1) is 20.1. The van der Waals surface area contributed by atoms with Crippen LogP contribution in [0.3, 0.4) is 0 Å². The van der Waals surface area contributed by atoms with Crippen LogP contribution < -0.4 is 10.6 Å². The van der Waals surface area contributed by atoms with Crippen molar-refractivity contribution in [1.82, 2.24) is 25.4 Å². The van der Waals surface area contributed by atoms with Crippen LogP contribution >= 0.6 is 11.3 Å². The lowest BCUT2D eigenvalue weighted by molar-refractivity contribution is 0.122. The third kappa shape index (κ3) is 6.56. The molecule has 1 aromatic rings. The number of likely N-dealkylation sites (N-methyl/N-ethyl adjacent to an activating group) is 1. The topological polar surface area (TPSA) is 55.8 Å². The van der Waals surface area contributed by atoms with E-state index in [1.165, 1.54) is 9.88 Å². The summed E-state index contributed by atoms with van der Waals surface area (Å²) in [7, 11) is 2.19. The Kier molecular flexibility index (Phi) is 8.12. The SMILES string of the molecule is CCNC(=NCC(C)N1CCN(C)CC1)NCCc1nc(C)c(C)s1. The lowest BCUT2D eigenvalue weighted by atomic mass is 10.2. The van der Waals surface area contributed by atoms with E-state index in [0.29, 0.717) is 6.04 Å². The molecule has 2 heterocycles. The largest absolute Gasteiger partial charge is 0.357 e. The van der Waals surface area contributed by atoms with E-state index in [0.717, 1.165) is 63.9 Å². The number of rotatable bonds is 7. The fourth-order valence-electron chi connectivity index (χ4n) is 2.88. The van der Waals surface area contributed by atoms with E-state index in [9.17, 15) is 0 Å². The Morgan fingerprint density at radius 2 is 1.96 bits per heavy atom. The molecule has 7 heteroatoms. The van der Waals surface area contributed by atoms with Crippen LogP contribution in [0.4, 0.5) is 0 Å². The summed E-state index contributed by atoms with van der Waals surface area (Å²) in [5.41, 5.74) is 1.15. The first-order chi connectivity index (χ1) is 12.0. The zero-order chi connectivity index (χ0) is 18.2. The predicted molar refractivity (Wildman–Crippen MR) is 108 cm³/mol. The van der Waals surface area contributed by atoms with Gasteiger partial charge in [0.15, 0.2) is 5.96 Å². The fraction of sp³-hybridized carbons (Fsp3) is 0.778. The minimum absolute atomic E-state index is 0.480. The van der Waals surface area contributed by atoms with E-state index in [-0.39, 0.29) is 0 Å². The summed E-state index contributed by atoms with van der Waals surface area (Å²) in [5, 5.41) is 7.99. The van der Waals surface area contributed by atoms with Gasteiger partial charge in [0.2, 0.25) is 0 Å². The number of piperazine rings is 1. The van der Waals surface area contributed by atoms with Crippen molar-refractivity contribution >= 4 is 17.3 Å². The van der Waals surface area contributed by atoms with Crippen LogP contribution in [0.5, 0.6) is 0 Å². The number of thiazole rings is 1. The third-order valence-corrected chi connectivity index (χ3v) is 5.86. The van der Waals surface area contributed by atoms with Crippen molar-refractivity contribution < 1.29 is 0 Å². The van der Waals surface area contributed by atoms with Crippen LogP contribution in [0, 0.1) is 13.8 Å². The molecular weight excluding hydrogens is 332 g/mol. The molecule has 2 rings (SSSR count). The highest BCUT2D eigenvalue weighted by atomic mass is 32.1. The van der Waals surface area contributed by atoms with Crippen LogP contribution in [0.1, 0.15) is 29.4 Å². The highest BCUT2D eigenvalue weighted by molar-refractivity contribution is 7.11. The maximum Gasteiger partial charge on any atom is 0.191 e. The number of hydrogen-bond acceptors (Lipinski definition) is 5. The molecule has 0 saturated carbocycles. The number of aromatic nitrogens is 1. The summed E-state index contributed by atoms with van der Waals surface area (Å²) in [6, 6.07) is 0.480. The second-order valence-electron chi connectivity index (χ2n) is 6.83. The van der Waals surface area contributed by atoms with E-state index in [2.05, 4.69) is 60.2 Å². The van der Waals surface area contributed by atoms with Gasteiger partial charge in [-0.1, -0.05) is 0 Å². The van der Waals surface area contributed by atoms with Crippen molar-refractivity contribution in [1.29, 1.82) is 0 Å². The molecule has 2 N–H and O–H groups in total. The van der Waals surface area contributed by atoms with Crippen molar-refractivity contribution in [3.63, 3.8) is 0 Å². The van der Waals surface area contributed by atoms with Gasteiger partial charge in [-0.25, -0.2) is 4.98 Å². The molecule has 0 aromatic carbocycles. The monoisotopic (exact) mass is 366 g/mol. The second kappa shape index (κ2) is 10.1. The van der Waals surface area contributed by atoms with Crippen LogP contribution in [0.2, 0.25) is 0 Å². The molecule has 0 amide bonds. The van der Waals surface area contributed by atoms with Gasteiger partial charge in [-0.2, -0.15) is 0 Å². The van der Waals surface area contributed by atoms with E-state index >= 15 is 0 Å². The molecule has 1 aliphatic rings. The maximum atomic E-state index is 4.78. The van der Waals surface area contributed by atoms with Crippen molar-refractivity contribution in [2.45, 2.75) is 40.2 Å². The molecule has 1 aromatic heterocycles. The maximum absolute atomic E-state index is 4.78.